The maximum Gasteiger partial charge on any atom is 0.153 e. The van der Waals surface area contributed by atoms with Crippen LogP contribution in [0.15, 0.2) is 72.8 Å². The molecule has 0 aliphatic carbocycles. The zero-order chi connectivity index (χ0) is 14.2. The van der Waals surface area contributed by atoms with Crippen molar-refractivity contribution in [1.82, 2.24) is 0 Å². The maximum atomic E-state index is 6.20. The van der Waals surface area contributed by atoms with Crippen LogP contribution in [0.2, 0.25) is 0 Å². The molecule has 3 heteroatoms. The first-order valence-corrected chi connectivity index (χ1v) is 6.85. The molecule has 1 aliphatic rings. The van der Waals surface area contributed by atoms with Gasteiger partial charge in [0.1, 0.15) is 5.69 Å². The molecule has 4 rings (SSSR count). The summed E-state index contributed by atoms with van der Waals surface area (Å²) in [4.78, 5) is 2.14. The second-order valence-corrected chi connectivity index (χ2v) is 4.93. The number of nitrogen functional groups attached to an aromatic ring is 1. The first kappa shape index (κ1) is 11.9. The number of hydrogen-bond donors (Lipinski definition) is 1. The Bertz CT molecular complexity index is 799. The predicted molar refractivity (Wildman–Crippen MR) is 85.6 cm³/mol. The van der Waals surface area contributed by atoms with Crippen LogP contribution in [-0.2, 0) is 0 Å². The minimum atomic E-state index is 0.700. The van der Waals surface area contributed by atoms with E-state index in [1.165, 1.54) is 0 Å². The van der Waals surface area contributed by atoms with Gasteiger partial charge in [-0.15, -0.1) is 0 Å². The molecule has 2 N–H and O–H groups in total. The monoisotopic (exact) mass is 274 g/mol. The molecule has 102 valence electrons. The van der Waals surface area contributed by atoms with Crippen molar-refractivity contribution in [1.29, 1.82) is 0 Å². The summed E-state index contributed by atoms with van der Waals surface area (Å²) >= 11 is 0. The smallest absolute Gasteiger partial charge is 0.153 e. The van der Waals surface area contributed by atoms with E-state index in [0.29, 0.717) is 5.69 Å². The fraction of sp³-hybridized carbons (Fsp3) is 0. The van der Waals surface area contributed by atoms with Crippen molar-refractivity contribution in [3.05, 3.63) is 72.8 Å². The fourth-order valence-electron chi connectivity index (χ4n) is 2.67. The normalized spacial score (nSPS) is 12.3. The number of fused-ring (bicyclic) bond motifs is 2. The SMILES string of the molecule is Nc1cccc2c1N(c1ccccc1)c1ccccc1O2. The number of nitrogens with two attached hydrogens (primary N) is 1. The van der Waals surface area contributed by atoms with Gasteiger partial charge in [-0.05, 0) is 36.4 Å². The summed E-state index contributed by atoms with van der Waals surface area (Å²) in [6.45, 7) is 0. The summed E-state index contributed by atoms with van der Waals surface area (Å²) in [7, 11) is 0. The fourth-order valence-corrected chi connectivity index (χ4v) is 2.67. The molecule has 0 fully saturated rings. The molecule has 0 atom stereocenters. The number of ether oxygens (including phenoxy) is 1. The number of anilines is 4. The second kappa shape index (κ2) is 4.56. The van der Waals surface area contributed by atoms with Gasteiger partial charge < -0.3 is 15.4 Å². The van der Waals surface area contributed by atoms with Gasteiger partial charge in [-0.1, -0.05) is 36.4 Å². The molecule has 3 aromatic rings. The Kier molecular flexibility index (Phi) is 2.57. The molecule has 0 aromatic heterocycles. The third kappa shape index (κ3) is 1.82. The van der Waals surface area contributed by atoms with Crippen LogP contribution in [0, 0.1) is 0 Å². The van der Waals surface area contributed by atoms with Gasteiger partial charge in [0.15, 0.2) is 11.5 Å². The van der Waals surface area contributed by atoms with Crippen LogP contribution in [0.3, 0.4) is 0 Å². The highest BCUT2D eigenvalue weighted by Gasteiger charge is 2.26. The molecule has 0 bridgehead atoms. The quantitative estimate of drug-likeness (QED) is 0.504. The van der Waals surface area contributed by atoms with Gasteiger partial charge in [-0.3, -0.25) is 0 Å². The van der Waals surface area contributed by atoms with Gasteiger partial charge >= 0.3 is 0 Å². The first-order chi connectivity index (χ1) is 10.3. The van der Waals surface area contributed by atoms with E-state index in [1.807, 2.05) is 60.7 Å². The standard InChI is InChI=1S/C18H14N2O/c19-14-9-6-12-17-18(14)20(13-7-2-1-3-8-13)15-10-4-5-11-16(15)21-17/h1-12H,19H2. The topological polar surface area (TPSA) is 38.5 Å². The Hall–Kier alpha value is -2.94. The van der Waals surface area contributed by atoms with Crippen molar-refractivity contribution in [3.63, 3.8) is 0 Å². The zero-order valence-electron chi connectivity index (χ0n) is 11.4. The molecule has 21 heavy (non-hydrogen) atoms. The van der Waals surface area contributed by atoms with Crippen molar-refractivity contribution in [3.8, 4) is 11.5 Å². The van der Waals surface area contributed by atoms with Crippen LogP contribution in [0.1, 0.15) is 0 Å². The van der Waals surface area contributed by atoms with Gasteiger partial charge in [0.05, 0.1) is 11.4 Å². The first-order valence-electron chi connectivity index (χ1n) is 6.85. The van der Waals surface area contributed by atoms with E-state index in [1.54, 1.807) is 0 Å². The lowest BCUT2D eigenvalue weighted by Gasteiger charge is -2.33. The van der Waals surface area contributed by atoms with E-state index in [4.69, 9.17) is 10.5 Å². The molecule has 3 aromatic carbocycles. The Labute approximate surface area is 123 Å². The van der Waals surface area contributed by atoms with E-state index in [2.05, 4.69) is 17.0 Å². The van der Waals surface area contributed by atoms with E-state index < -0.39 is 0 Å². The minimum Gasteiger partial charge on any atom is -0.453 e. The highest BCUT2D eigenvalue weighted by atomic mass is 16.5. The van der Waals surface area contributed by atoms with Gasteiger partial charge in [0, 0.05) is 5.69 Å². The third-order valence-corrected chi connectivity index (χ3v) is 3.59. The number of para-hydroxylation sites is 4. The number of nitrogens with zero attached hydrogens (tertiary/aromatic N) is 1. The van der Waals surface area contributed by atoms with Crippen LogP contribution >= 0.6 is 0 Å². The lowest BCUT2D eigenvalue weighted by molar-refractivity contribution is 0.477. The van der Waals surface area contributed by atoms with E-state index in [9.17, 15) is 0 Å². The van der Waals surface area contributed by atoms with Crippen molar-refractivity contribution >= 4 is 22.7 Å². The molecule has 0 saturated carbocycles. The summed E-state index contributed by atoms with van der Waals surface area (Å²) in [5.41, 5.74) is 9.85. The summed E-state index contributed by atoms with van der Waals surface area (Å²) < 4.78 is 5.99. The molecule has 0 unspecified atom stereocenters. The number of rotatable bonds is 1. The van der Waals surface area contributed by atoms with Gasteiger partial charge in [-0.25, -0.2) is 0 Å². The molecule has 3 nitrogen and oxygen atoms in total. The van der Waals surface area contributed by atoms with E-state index in [0.717, 1.165) is 28.6 Å². The van der Waals surface area contributed by atoms with Crippen molar-refractivity contribution in [2.24, 2.45) is 0 Å². The lowest BCUT2D eigenvalue weighted by atomic mass is 10.1. The second-order valence-electron chi connectivity index (χ2n) is 4.93. The molecule has 0 saturated heterocycles. The lowest BCUT2D eigenvalue weighted by Crippen LogP contribution is -2.17. The van der Waals surface area contributed by atoms with Gasteiger partial charge in [0.2, 0.25) is 0 Å². The molecule has 1 heterocycles. The van der Waals surface area contributed by atoms with Crippen molar-refractivity contribution < 1.29 is 4.74 Å². The van der Waals surface area contributed by atoms with Crippen molar-refractivity contribution in [2.45, 2.75) is 0 Å². The van der Waals surface area contributed by atoms with Crippen LogP contribution in [-0.4, -0.2) is 0 Å². The van der Waals surface area contributed by atoms with Crippen LogP contribution in [0.5, 0.6) is 11.5 Å². The average molecular weight is 274 g/mol. The number of hydrogen-bond acceptors (Lipinski definition) is 3. The van der Waals surface area contributed by atoms with Crippen LogP contribution < -0.4 is 15.4 Å². The number of benzene rings is 3. The largest absolute Gasteiger partial charge is 0.453 e. The highest BCUT2D eigenvalue weighted by molar-refractivity contribution is 5.91. The third-order valence-electron chi connectivity index (χ3n) is 3.59. The predicted octanol–water partition coefficient (Wildman–Crippen LogP) is 4.84. The summed E-state index contributed by atoms with van der Waals surface area (Å²) in [5, 5.41) is 0. The van der Waals surface area contributed by atoms with Gasteiger partial charge in [-0.2, -0.15) is 0 Å². The van der Waals surface area contributed by atoms with Crippen molar-refractivity contribution in [2.75, 3.05) is 10.6 Å². The minimum absolute atomic E-state index is 0.700. The Balaban J connectivity index is 2.01. The Morgan fingerprint density at radius 3 is 2.29 bits per heavy atom. The molecule has 0 radical (unpaired) electrons. The van der Waals surface area contributed by atoms with E-state index in [-0.39, 0.29) is 0 Å². The van der Waals surface area contributed by atoms with Crippen LogP contribution in [0.4, 0.5) is 22.7 Å². The molecular weight excluding hydrogens is 260 g/mol. The molecular formula is C18H14N2O. The molecule has 1 aliphatic heterocycles. The molecule has 0 spiro atoms. The highest BCUT2D eigenvalue weighted by Crippen LogP contribution is 2.52. The van der Waals surface area contributed by atoms with Gasteiger partial charge in [0.25, 0.3) is 0 Å². The van der Waals surface area contributed by atoms with Crippen LogP contribution in [0.25, 0.3) is 0 Å². The summed E-state index contributed by atoms with van der Waals surface area (Å²) in [5.74, 6) is 1.61. The zero-order valence-corrected chi connectivity index (χ0v) is 11.4. The Morgan fingerprint density at radius 1 is 0.714 bits per heavy atom. The summed E-state index contributed by atoms with van der Waals surface area (Å²) in [6, 6.07) is 23.9. The molecule has 0 amide bonds. The maximum absolute atomic E-state index is 6.20. The average Bonchev–Trinajstić information content (AvgIpc) is 2.54. The summed E-state index contributed by atoms with van der Waals surface area (Å²) in [6.07, 6.45) is 0. The van der Waals surface area contributed by atoms with E-state index >= 15 is 0 Å². The Morgan fingerprint density at radius 2 is 1.43 bits per heavy atom.